The summed E-state index contributed by atoms with van der Waals surface area (Å²) in [5.74, 6) is 0.349. The number of hydrogen-bond donors (Lipinski definition) is 2. The van der Waals surface area contributed by atoms with Gasteiger partial charge in [0, 0.05) is 49.0 Å². The SMILES string of the molecule is CCN(CCO)C(=O)c1ccc([C@H]2C[C@@H](NC(=O)[C@@]3(C)COc4cc5c(cc43)OC(F)(F)O5)c3ccc(OC)cc3O2)nc1. The molecule has 3 atom stereocenters. The van der Waals surface area contributed by atoms with Gasteiger partial charge < -0.3 is 39.0 Å². The molecule has 1 aromatic heterocycles. The van der Waals surface area contributed by atoms with Gasteiger partial charge in [-0.25, -0.2) is 0 Å². The predicted octanol–water partition coefficient (Wildman–Crippen LogP) is 3.90. The van der Waals surface area contributed by atoms with Gasteiger partial charge in [-0.3, -0.25) is 14.6 Å². The number of ether oxygens (including phenoxy) is 5. The number of aliphatic hydroxyl groups is 1. The zero-order valence-corrected chi connectivity index (χ0v) is 24.3. The fraction of sp³-hybridized carbons (Fsp3) is 0.387. The van der Waals surface area contributed by atoms with E-state index in [-0.39, 0.29) is 48.8 Å². The van der Waals surface area contributed by atoms with Gasteiger partial charge in [0.2, 0.25) is 5.91 Å². The number of aliphatic hydroxyl groups excluding tert-OH is 1. The lowest BCUT2D eigenvalue weighted by Gasteiger charge is -2.34. The van der Waals surface area contributed by atoms with Gasteiger partial charge in [0.15, 0.2) is 11.5 Å². The number of pyridine rings is 1. The maximum Gasteiger partial charge on any atom is 0.586 e. The fourth-order valence-corrected chi connectivity index (χ4v) is 5.65. The number of nitrogens with zero attached hydrogens (tertiary/aromatic N) is 2. The minimum Gasteiger partial charge on any atom is -0.497 e. The highest BCUT2D eigenvalue weighted by Gasteiger charge is 2.49. The van der Waals surface area contributed by atoms with E-state index in [0.717, 1.165) is 5.56 Å². The number of benzene rings is 2. The molecule has 6 rings (SSSR count). The Morgan fingerprint density at radius 3 is 2.57 bits per heavy atom. The number of carbonyl (C=O) groups is 2. The van der Waals surface area contributed by atoms with Crippen LogP contribution in [0.15, 0.2) is 48.7 Å². The van der Waals surface area contributed by atoms with Crippen LogP contribution in [0.5, 0.6) is 28.7 Å². The predicted molar refractivity (Wildman–Crippen MR) is 150 cm³/mol. The van der Waals surface area contributed by atoms with Crippen molar-refractivity contribution in [1.82, 2.24) is 15.2 Å². The van der Waals surface area contributed by atoms with Crippen molar-refractivity contribution < 1.29 is 47.2 Å². The molecule has 0 saturated heterocycles. The lowest BCUT2D eigenvalue weighted by molar-refractivity contribution is -0.286. The zero-order chi connectivity index (χ0) is 31.2. The van der Waals surface area contributed by atoms with E-state index in [4.69, 9.17) is 14.2 Å². The van der Waals surface area contributed by atoms with E-state index in [1.54, 1.807) is 31.2 Å². The molecule has 3 aliphatic heterocycles. The first-order valence-electron chi connectivity index (χ1n) is 14.1. The highest BCUT2D eigenvalue weighted by Crippen LogP contribution is 2.50. The van der Waals surface area contributed by atoms with E-state index in [9.17, 15) is 23.5 Å². The first-order valence-corrected chi connectivity index (χ1v) is 14.1. The molecule has 0 fully saturated rings. The first-order chi connectivity index (χ1) is 21.0. The molecule has 0 radical (unpaired) electrons. The average Bonchev–Trinajstić information content (AvgIpc) is 3.51. The number of amides is 2. The van der Waals surface area contributed by atoms with E-state index >= 15 is 0 Å². The summed E-state index contributed by atoms with van der Waals surface area (Å²) in [5.41, 5.74) is 0.828. The number of likely N-dealkylation sites (N-methyl/N-ethyl adjacent to an activating group) is 1. The van der Waals surface area contributed by atoms with Gasteiger partial charge in [0.1, 0.15) is 35.4 Å². The minimum absolute atomic E-state index is 0.0162. The molecule has 13 heteroatoms. The lowest BCUT2D eigenvalue weighted by Crippen LogP contribution is -2.46. The van der Waals surface area contributed by atoms with E-state index in [1.165, 1.54) is 30.3 Å². The van der Waals surface area contributed by atoms with E-state index in [1.807, 2.05) is 13.0 Å². The summed E-state index contributed by atoms with van der Waals surface area (Å²) in [6.07, 6.45) is -2.60. The minimum atomic E-state index is -3.80. The molecular weight excluding hydrogens is 580 g/mol. The maximum atomic E-state index is 13.9. The molecule has 3 aliphatic rings. The smallest absolute Gasteiger partial charge is 0.497 e. The Morgan fingerprint density at radius 1 is 1.11 bits per heavy atom. The number of aromatic nitrogens is 1. The summed E-state index contributed by atoms with van der Waals surface area (Å²) in [6.45, 7) is 4.00. The van der Waals surface area contributed by atoms with Crippen molar-refractivity contribution in [3.05, 3.63) is 71.0 Å². The van der Waals surface area contributed by atoms with Crippen molar-refractivity contribution in [3.63, 3.8) is 0 Å². The van der Waals surface area contributed by atoms with Gasteiger partial charge in [-0.2, -0.15) is 0 Å². The van der Waals surface area contributed by atoms with Crippen molar-refractivity contribution >= 4 is 11.8 Å². The van der Waals surface area contributed by atoms with Gasteiger partial charge in [-0.05, 0) is 44.2 Å². The number of carbonyl (C=O) groups excluding carboxylic acids is 2. The Kier molecular flexibility index (Phi) is 7.44. The third-order valence-corrected chi connectivity index (χ3v) is 8.14. The van der Waals surface area contributed by atoms with Crippen LogP contribution >= 0.6 is 0 Å². The van der Waals surface area contributed by atoms with Gasteiger partial charge in [0.25, 0.3) is 5.91 Å². The van der Waals surface area contributed by atoms with Crippen LogP contribution in [0.25, 0.3) is 0 Å². The molecule has 0 spiro atoms. The van der Waals surface area contributed by atoms with Crippen molar-refractivity contribution in [2.24, 2.45) is 0 Å². The maximum absolute atomic E-state index is 13.9. The number of hydrogen-bond acceptors (Lipinski definition) is 9. The summed E-state index contributed by atoms with van der Waals surface area (Å²) in [4.78, 5) is 32.8. The average molecular weight is 612 g/mol. The van der Waals surface area contributed by atoms with Crippen LogP contribution in [0.4, 0.5) is 8.78 Å². The van der Waals surface area contributed by atoms with Crippen molar-refractivity contribution in [1.29, 1.82) is 0 Å². The molecule has 0 unspecified atom stereocenters. The zero-order valence-electron chi connectivity index (χ0n) is 24.3. The van der Waals surface area contributed by atoms with E-state index in [2.05, 4.69) is 19.8 Å². The summed E-state index contributed by atoms with van der Waals surface area (Å²) < 4.78 is 53.9. The molecule has 2 amide bonds. The second-order valence-corrected chi connectivity index (χ2v) is 10.9. The summed E-state index contributed by atoms with van der Waals surface area (Å²) in [5, 5.41) is 12.4. The second-order valence-electron chi connectivity index (χ2n) is 10.9. The standard InChI is InChI=1S/C31H31F2N3O8/c1-4-36(9-10-37)28(38)17-5-8-21(34-15-17)25-13-22(19-7-6-18(40-3)11-23(19)42-25)35-29(39)30(2)16-41-24-14-27-26(12-20(24)30)43-31(32,33)44-27/h5-8,11-12,14-15,22,25,37H,4,9-10,13,16H2,1-3H3,(H,35,39)/t22-,25-,30+/m1/s1. The molecule has 232 valence electrons. The van der Waals surface area contributed by atoms with Gasteiger partial charge in [0.05, 0.1) is 31.0 Å². The lowest BCUT2D eigenvalue weighted by atomic mass is 9.82. The van der Waals surface area contributed by atoms with E-state index < -0.39 is 23.9 Å². The normalized spacial score (nSPS) is 22.2. The van der Waals surface area contributed by atoms with Gasteiger partial charge >= 0.3 is 6.29 Å². The number of rotatable bonds is 8. The Hall–Kier alpha value is -4.65. The first kappa shape index (κ1) is 29.4. The monoisotopic (exact) mass is 611 g/mol. The molecular formula is C31H31F2N3O8. The Labute approximate surface area is 251 Å². The van der Waals surface area contributed by atoms with Crippen molar-refractivity contribution in [2.45, 2.75) is 44.1 Å². The number of fused-ring (bicyclic) bond motifs is 3. The molecule has 11 nitrogen and oxygen atoms in total. The highest BCUT2D eigenvalue weighted by molar-refractivity contribution is 5.94. The number of halogens is 2. The summed E-state index contributed by atoms with van der Waals surface area (Å²) in [7, 11) is 1.54. The molecule has 0 bridgehead atoms. The Morgan fingerprint density at radius 2 is 1.89 bits per heavy atom. The molecule has 2 aromatic carbocycles. The van der Waals surface area contributed by atoms with Crippen LogP contribution in [-0.2, 0) is 10.2 Å². The van der Waals surface area contributed by atoms with Crippen molar-refractivity contribution in [2.75, 3.05) is 33.4 Å². The topological polar surface area (TPSA) is 129 Å². The Balaban J connectivity index is 1.26. The van der Waals surface area contributed by atoms with Crippen LogP contribution in [0.3, 0.4) is 0 Å². The van der Waals surface area contributed by atoms with Crippen LogP contribution in [0.1, 0.15) is 59.6 Å². The summed E-state index contributed by atoms with van der Waals surface area (Å²) in [6, 6.07) is 10.8. The van der Waals surface area contributed by atoms with Crippen molar-refractivity contribution in [3.8, 4) is 28.7 Å². The number of methoxy groups -OCH3 is 1. The summed E-state index contributed by atoms with van der Waals surface area (Å²) >= 11 is 0. The van der Waals surface area contributed by atoms with Gasteiger partial charge in [-0.1, -0.05) is 0 Å². The van der Waals surface area contributed by atoms with E-state index in [0.29, 0.717) is 41.3 Å². The fourth-order valence-electron chi connectivity index (χ4n) is 5.65. The van der Waals surface area contributed by atoms with Crippen LogP contribution < -0.4 is 29.0 Å². The van der Waals surface area contributed by atoms with Crippen LogP contribution in [0.2, 0.25) is 0 Å². The third kappa shape index (κ3) is 5.21. The molecule has 4 heterocycles. The van der Waals surface area contributed by atoms with Crippen LogP contribution in [0, 0.1) is 0 Å². The number of alkyl halides is 2. The molecule has 44 heavy (non-hydrogen) atoms. The second kappa shape index (κ2) is 11.1. The Bertz CT molecular complexity index is 1600. The molecule has 0 aliphatic carbocycles. The third-order valence-electron chi connectivity index (χ3n) is 8.14. The largest absolute Gasteiger partial charge is 0.586 e. The van der Waals surface area contributed by atoms with Gasteiger partial charge in [-0.15, -0.1) is 8.78 Å². The molecule has 2 N–H and O–H groups in total. The molecule has 0 saturated carbocycles. The quantitative estimate of drug-likeness (QED) is 0.390. The number of nitrogens with one attached hydrogen (secondary N) is 1. The highest BCUT2D eigenvalue weighted by atomic mass is 19.3. The van der Waals surface area contributed by atoms with Crippen LogP contribution in [-0.4, -0.2) is 66.5 Å². The molecule has 3 aromatic rings.